The van der Waals surface area contributed by atoms with E-state index in [0.29, 0.717) is 11.5 Å². The SMILES string of the molecule is CCN(Cc1cc(=O)n2nc(C)sc2n1)c1ccccc1. The van der Waals surface area contributed by atoms with E-state index in [0.717, 1.165) is 22.9 Å². The van der Waals surface area contributed by atoms with E-state index >= 15 is 0 Å². The second kappa shape index (κ2) is 5.65. The molecule has 0 saturated carbocycles. The molecule has 5 nitrogen and oxygen atoms in total. The number of aryl methyl sites for hydroxylation is 1. The van der Waals surface area contributed by atoms with Crippen LogP contribution >= 0.6 is 11.3 Å². The van der Waals surface area contributed by atoms with Gasteiger partial charge in [-0.2, -0.15) is 9.61 Å². The molecule has 0 fully saturated rings. The Labute approximate surface area is 126 Å². The van der Waals surface area contributed by atoms with Crippen LogP contribution in [0.5, 0.6) is 0 Å². The molecule has 0 aliphatic rings. The van der Waals surface area contributed by atoms with Gasteiger partial charge in [0.2, 0.25) is 4.96 Å². The van der Waals surface area contributed by atoms with E-state index in [9.17, 15) is 4.79 Å². The van der Waals surface area contributed by atoms with E-state index in [1.54, 1.807) is 6.07 Å². The van der Waals surface area contributed by atoms with Crippen molar-refractivity contribution >= 4 is 22.0 Å². The van der Waals surface area contributed by atoms with Gasteiger partial charge in [0.15, 0.2) is 0 Å². The zero-order valence-corrected chi connectivity index (χ0v) is 12.8. The highest BCUT2D eigenvalue weighted by Gasteiger charge is 2.10. The molecule has 1 aromatic carbocycles. The number of nitrogens with zero attached hydrogens (tertiary/aromatic N) is 4. The van der Waals surface area contributed by atoms with Gasteiger partial charge in [-0.1, -0.05) is 29.5 Å². The Bertz CT molecular complexity index is 809. The molecule has 0 spiro atoms. The molecule has 108 valence electrons. The quantitative estimate of drug-likeness (QED) is 0.743. The third-order valence-corrected chi connectivity index (χ3v) is 4.08. The molecule has 0 amide bonds. The zero-order chi connectivity index (χ0) is 14.8. The summed E-state index contributed by atoms with van der Waals surface area (Å²) in [7, 11) is 0. The molecule has 0 aliphatic carbocycles. The molecule has 0 unspecified atom stereocenters. The van der Waals surface area contributed by atoms with Crippen molar-refractivity contribution in [2.75, 3.05) is 11.4 Å². The maximum absolute atomic E-state index is 12.1. The van der Waals surface area contributed by atoms with Crippen molar-refractivity contribution in [3.63, 3.8) is 0 Å². The lowest BCUT2D eigenvalue weighted by Gasteiger charge is -2.22. The lowest BCUT2D eigenvalue weighted by molar-refractivity contribution is 0.793. The van der Waals surface area contributed by atoms with Gasteiger partial charge in [-0.3, -0.25) is 4.79 Å². The van der Waals surface area contributed by atoms with Crippen molar-refractivity contribution in [2.45, 2.75) is 20.4 Å². The van der Waals surface area contributed by atoms with E-state index < -0.39 is 0 Å². The van der Waals surface area contributed by atoms with Gasteiger partial charge in [-0.15, -0.1) is 0 Å². The molecular formula is C15H16N4OS. The maximum atomic E-state index is 12.1. The van der Waals surface area contributed by atoms with E-state index in [2.05, 4.69) is 34.0 Å². The molecule has 0 atom stereocenters. The van der Waals surface area contributed by atoms with Crippen molar-refractivity contribution < 1.29 is 0 Å². The number of fused-ring (bicyclic) bond motifs is 1. The summed E-state index contributed by atoms with van der Waals surface area (Å²) in [6.07, 6.45) is 0. The van der Waals surface area contributed by atoms with E-state index in [1.807, 2.05) is 25.1 Å². The number of rotatable bonds is 4. The average Bonchev–Trinajstić information content (AvgIpc) is 2.87. The minimum Gasteiger partial charge on any atom is -0.366 e. The van der Waals surface area contributed by atoms with Gasteiger partial charge in [0.1, 0.15) is 5.01 Å². The van der Waals surface area contributed by atoms with Gasteiger partial charge >= 0.3 is 0 Å². The summed E-state index contributed by atoms with van der Waals surface area (Å²) in [5, 5.41) is 5.00. The fourth-order valence-corrected chi connectivity index (χ4v) is 3.02. The molecule has 3 aromatic rings. The third-order valence-electron chi connectivity index (χ3n) is 3.26. The van der Waals surface area contributed by atoms with Crippen LogP contribution in [0.2, 0.25) is 0 Å². The van der Waals surface area contributed by atoms with Gasteiger partial charge in [0.05, 0.1) is 12.2 Å². The molecular weight excluding hydrogens is 284 g/mol. The van der Waals surface area contributed by atoms with E-state index in [4.69, 9.17) is 0 Å². The van der Waals surface area contributed by atoms with Crippen molar-refractivity contribution in [2.24, 2.45) is 0 Å². The Morgan fingerprint density at radius 3 is 2.76 bits per heavy atom. The smallest absolute Gasteiger partial charge is 0.275 e. The first-order chi connectivity index (χ1) is 10.2. The summed E-state index contributed by atoms with van der Waals surface area (Å²) in [4.78, 5) is 19.5. The molecule has 2 heterocycles. The average molecular weight is 300 g/mol. The number of para-hydroxylation sites is 1. The second-order valence-corrected chi connectivity index (χ2v) is 5.91. The standard InChI is InChI=1S/C15H16N4OS/c1-3-18(13-7-5-4-6-8-13)10-12-9-14(20)19-15(16-12)21-11(2)17-19/h4-9H,3,10H2,1-2H3. The molecule has 21 heavy (non-hydrogen) atoms. The molecule has 0 radical (unpaired) electrons. The number of hydrogen-bond acceptors (Lipinski definition) is 5. The Kier molecular flexibility index (Phi) is 3.70. The molecule has 0 bridgehead atoms. The summed E-state index contributed by atoms with van der Waals surface area (Å²) in [5.74, 6) is 0. The Balaban J connectivity index is 1.95. The number of anilines is 1. The molecule has 0 N–H and O–H groups in total. The lowest BCUT2D eigenvalue weighted by atomic mass is 10.2. The molecule has 2 aromatic heterocycles. The highest BCUT2D eigenvalue weighted by Crippen LogP contribution is 2.16. The Morgan fingerprint density at radius 1 is 1.29 bits per heavy atom. The monoisotopic (exact) mass is 300 g/mol. The van der Waals surface area contributed by atoms with Crippen molar-refractivity contribution in [1.29, 1.82) is 0 Å². The van der Waals surface area contributed by atoms with Gasteiger partial charge in [0.25, 0.3) is 5.56 Å². The van der Waals surface area contributed by atoms with Gasteiger partial charge in [-0.25, -0.2) is 4.98 Å². The summed E-state index contributed by atoms with van der Waals surface area (Å²) < 4.78 is 1.36. The predicted molar refractivity (Wildman–Crippen MR) is 85.0 cm³/mol. The number of aromatic nitrogens is 3. The molecule has 3 rings (SSSR count). The number of benzene rings is 1. The van der Waals surface area contributed by atoms with Gasteiger partial charge < -0.3 is 4.90 Å². The lowest BCUT2D eigenvalue weighted by Crippen LogP contribution is -2.24. The van der Waals surface area contributed by atoms with Crippen LogP contribution in [-0.2, 0) is 6.54 Å². The molecule has 0 aliphatic heterocycles. The molecule has 6 heteroatoms. The highest BCUT2D eigenvalue weighted by molar-refractivity contribution is 7.16. The van der Waals surface area contributed by atoms with Crippen molar-refractivity contribution in [3.05, 3.63) is 57.5 Å². The summed E-state index contributed by atoms with van der Waals surface area (Å²) in [6, 6.07) is 11.7. The van der Waals surface area contributed by atoms with Crippen LogP contribution in [0.4, 0.5) is 5.69 Å². The Morgan fingerprint density at radius 2 is 2.05 bits per heavy atom. The Hall–Kier alpha value is -2.21. The van der Waals surface area contributed by atoms with Crippen LogP contribution in [0.25, 0.3) is 4.96 Å². The largest absolute Gasteiger partial charge is 0.366 e. The second-order valence-electron chi connectivity index (χ2n) is 4.75. The van der Waals surface area contributed by atoms with Crippen LogP contribution in [0, 0.1) is 6.92 Å². The fraction of sp³-hybridized carbons (Fsp3) is 0.267. The van der Waals surface area contributed by atoms with Crippen molar-refractivity contribution in [3.8, 4) is 0 Å². The highest BCUT2D eigenvalue weighted by atomic mass is 32.1. The zero-order valence-electron chi connectivity index (χ0n) is 12.0. The summed E-state index contributed by atoms with van der Waals surface area (Å²) in [5.41, 5.74) is 1.78. The first-order valence-corrected chi connectivity index (χ1v) is 7.65. The summed E-state index contributed by atoms with van der Waals surface area (Å²) >= 11 is 1.43. The fourth-order valence-electron chi connectivity index (χ4n) is 2.25. The first kappa shape index (κ1) is 13.8. The van der Waals surface area contributed by atoms with Crippen LogP contribution in [0.3, 0.4) is 0 Å². The first-order valence-electron chi connectivity index (χ1n) is 6.84. The van der Waals surface area contributed by atoms with Crippen LogP contribution in [0.1, 0.15) is 17.6 Å². The third kappa shape index (κ3) is 2.80. The van der Waals surface area contributed by atoms with E-state index in [-0.39, 0.29) is 5.56 Å². The summed E-state index contributed by atoms with van der Waals surface area (Å²) in [6.45, 7) is 5.44. The van der Waals surface area contributed by atoms with E-state index in [1.165, 1.54) is 15.9 Å². The van der Waals surface area contributed by atoms with Crippen LogP contribution in [-0.4, -0.2) is 21.1 Å². The minimum atomic E-state index is -0.122. The van der Waals surface area contributed by atoms with Crippen molar-refractivity contribution in [1.82, 2.24) is 14.6 Å². The topological polar surface area (TPSA) is 50.5 Å². The van der Waals surface area contributed by atoms with Crippen LogP contribution in [0.15, 0.2) is 41.2 Å². The predicted octanol–water partition coefficient (Wildman–Crippen LogP) is 2.49. The normalized spacial score (nSPS) is 11.0. The number of hydrogen-bond donors (Lipinski definition) is 0. The van der Waals surface area contributed by atoms with Gasteiger partial charge in [-0.05, 0) is 26.0 Å². The molecule has 0 saturated heterocycles. The van der Waals surface area contributed by atoms with Crippen LogP contribution < -0.4 is 10.5 Å². The maximum Gasteiger partial charge on any atom is 0.275 e. The minimum absolute atomic E-state index is 0.122. The van der Waals surface area contributed by atoms with Gasteiger partial charge in [0, 0.05) is 18.3 Å².